The molecule has 0 saturated heterocycles. The summed E-state index contributed by atoms with van der Waals surface area (Å²) in [4.78, 5) is 16.9. The molecule has 1 N–H and O–H groups in total. The van der Waals surface area contributed by atoms with Crippen molar-refractivity contribution < 1.29 is 4.79 Å². The lowest BCUT2D eigenvalue weighted by molar-refractivity contribution is -0.119. The van der Waals surface area contributed by atoms with Crippen molar-refractivity contribution >= 4 is 28.7 Å². The summed E-state index contributed by atoms with van der Waals surface area (Å²) in [5.74, 6) is 0.419. The Kier molecular flexibility index (Phi) is 5.76. The molecular weight excluding hydrogens is 330 g/mol. The number of nitrogens with one attached hydrogen (secondary N) is 1. The predicted molar refractivity (Wildman–Crippen MR) is 104 cm³/mol. The third-order valence-corrected chi connectivity index (χ3v) is 4.94. The van der Waals surface area contributed by atoms with Crippen molar-refractivity contribution in [1.29, 1.82) is 0 Å². The average molecular weight is 353 g/mol. The first-order chi connectivity index (χ1) is 12.2. The molecule has 0 aliphatic rings. The fourth-order valence-electron chi connectivity index (χ4n) is 2.88. The van der Waals surface area contributed by atoms with Gasteiger partial charge in [0.1, 0.15) is 0 Å². The van der Waals surface area contributed by atoms with Crippen molar-refractivity contribution in [3.8, 4) is 5.69 Å². The molecule has 2 aromatic carbocycles. The minimum Gasteiger partial charge on any atom is -0.353 e. The zero-order chi connectivity index (χ0) is 17.6. The summed E-state index contributed by atoms with van der Waals surface area (Å²) in [6.45, 7) is 4.17. The number of hydrogen-bond donors (Lipinski definition) is 1. The van der Waals surface area contributed by atoms with Crippen LogP contribution in [0.5, 0.6) is 0 Å². The van der Waals surface area contributed by atoms with Crippen molar-refractivity contribution in [1.82, 2.24) is 14.9 Å². The normalized spacial score (nSPS) is 12.2. The monoisotopic (exact) mass is 353 g/mol. The zero-order valence-electron chi connectivity index (χ0n) is 14.6. The van der Waals surface area contributed by atoms with Crippen LogP contribution < -0.4 is 5.32 Å². The highest BCUT2D eigenvalue weighted by Crippen LogP contribution is 2.27. The molecule has 0 spiro atoms. The van der Waals surface area contributed by atoms with Crippen LogP contribution in [0, 0.1) is 0 Å². The number of benzene rings is 2. The Morgan fingerprint density at radius 2 is 1.88 bits per heavy atom. The summed E-state index contributed by atoms with van der Waals surface area (Å²) in [5.41, 5.74) is 3.04. The molecule has 4 nitrogen and oxygen atoms in total. The predicted octanol–water partition coefficient (Wildman–Crippen LogP) is 4.42. The van der Waals surface area contributed by atoms with Gasteiger partial charge in [0.25, 0.3) is 0 Å². The number of thioether (sulfide) groups is 1. The molecule has 130 valence electrons. The molecule has 0 radical (unpaired) electrons. The number of aromatic nitrogens is 2. The molecular formula is C20H23N3OS. The number of hydrogen-bond acceptors (Lipinski definition) is 3. The molecule has 1 aromatic heterocycles. The first-order valence-electron chi connectivity index (χ1n) is 8.64. The summed E-state index contributed by atoms with van der Waals surface area (Å²) < 4.78 is 2.11. The minimum atomic E-state index is 0.0533. The maximum absolute atomic E-state index is 12.2. The van der Waals surface area contributed by atoms with Gasteiger partial charge in [0.15, 0.2) is 5.16 Å². The smallest absolute Gasteiger partial charge is 0.230 e. The second-order valence-corrected chi connectivity index (χ2v) is 7.04. The first-order valence-corrected chi connectivity index (χ1v) is 9.62. The number of carbonyl (C=O) groups excluding carboxylic acids is 1. The summed E-state index contributed by atoms with van der Waals surface area (Å²) >= 11 is 1.48. The lowest BCUT2D eigenvalue weighted by Crippen LogP contribution is -2.33. The number of imidazole rings is 1. The topological polar surface area (TPSA) is 46.9 Å². The van der Waals surface area contributed by atoms with Gasteiger partial charge in [-0.15, -0.1) is 0 Å². The highest BCUT2D eigenvalue weighted by atomic mass is 32.2. The van der Waals surface area contributed by atoms with E-state index in [0.717, 1.165) is 34.7 Å². The van der Waals surface area contributed by atoms with Gasteiger partial charge in [-0.3, -0.25) is 9.36 Å². The Balaban J connectivity index is 1.83. The molecule has 1 unspecified atom stereocenters. The molecule has 1 heterocycles. The third kappa shape index (κ3) is 4.23. The summed E-state index contributed by atoms with van der Waals surface area (Å²) in [6.07, 6.45) is 2.07. The minimum absolute atomic E-state index is 0.0533. The van der Waals surface area contributed by atoms with Crippen LogP contribution in [0.1, 0.15) is 26.7 Å². The molecule has 1 atom stereocenters. The standard InChI is InChI=1S/C20H23N3OS/c1-3-9-15(2)21-19(24)14-25-20-22-17-12-7-8-13-18(17)23(20)16-10-5-4-6-11-16/h4-8,10-13,15H,3,9,14H2,1-2H3,(H,21,24). The fourth-order valence-corrected chi connectivity index (χ4v) is 3.72. The summed E-state index contributed by atoms with van der Waals surface area (Å²) in [6, 6.07) is 18.4. The van der Waals surface area contributed by atoms with Crippen LogP contribution in [0.2, 0.25) is 0 Å². The summed E-state index contributed by atoms with van der Waals surface area (Å²) in [5, 5.41) is 3.89. The Bertz CT molecular complexity index is 845. The Morgan fingerprint density at radius 3 is 2.64 bits per heavy atom. The van der Waals surface area contributed by atoms with Gasteiger partial charge in [-0.1, -0.05) is 55.4 Å². The first kappa shape index (κ1) is 17.5. The van der Waals surface area contributed by atoms with Crippen molar-refractivity contribution in [3.05, 3.63) is 54.6 Å². The van der Waals surface area contributed by atoms with Crippen LogP contribution in [0.25, 0.3) is 16.7 Å². The van der Waals surface area contributed by atoms with E-state index in [1.54, 1.807) is 0 Å². The van der Waals surface area contributed by atoms with Crippen molar-refractivity contribution in [2.75, 3.05) is 5.75 Å². The molecule has 3 aromatic rings. The van der Waals surface area contributed by atoms with E-state index in [2.05, 4.69) is 35.0 Å². The number of rotatable bonds is 7. The Morgan fingerprint density at radius 1 is 1.16 bits per heavy atom. The van der Waals surface area contributed by atoms with Crippen molar-refractivity contribution in [2.45, 2.75) is 37.9 Å². The molecule has 0 aliphatic carbocycles. The van der Waals surface area contributed by atoms with Gasteiger partial charge >= 0.3 is 0 Å². The van der Waals surface area contributed by atoms with E-state index in [1.165, 1.54) is 11.8 Å². The molecule has 0 saturated carbocycles. The van der Waals surface area contributed by atoms with E-state index < -0.39 is 0 Å². The molecule has 3 rings (SSSR count). The van der Waals surface area contributed by atoms with Gasteiger partial charge in [0.2, 0.25) is 5.91 Å². The van der Waals surface area contributed by atoms with Gasteiger partial charge in [0, 0.05) is 11.7 Å². The van der Waals surface area contributed by atoms with Gasteiger partial charge in [-0.25, -0.2) is 4.98 Å². The van der Waals surface area contributed by atoms with Gasteiger partial charge in [0.05, 0.1) is 16.8 Å². The number of carbonyl (C=O) groups is 1. The number of amides is 1. The quantitative estimate of drug-likeness (QED) is 0.640. The van der Waals surface area contributed by atoms with Crippen molar-refractivity contribution in [2.24, 2.45) is 0 Å². The molecule has 0 aliphatic heterocycles. The van der Waals surface area contributed by atoms with Gasteiger partial charge in [-0.05, 0) is 37.6 Å². The van der Waals surface area contributed by atoms with Crippen LogP contribution in [0.4, 0.5) is 0 Å². The van der Waals surface area contributed by atoms with Crippen LogP contribution in [-0.4, -0.2) is 27.3 Å². The second kappa shape index (κ2) is 8.21. The number of para-hydroxylation sites is 3. The zero-order valence-corrected chi connectivity index (χ0v) is 15.4. The van der Waals surface area contributed by atoms with Gasteiger partial charge in [-0.2, -0.15) is 0 Å². The second-order valence-electron chi connectivity index (χ2n) is 6.10. The van der Waals surface area contributed by atoms with Crippen LogP contribution in [-0.2, 0) is 4.79 Å². The lowest BCUT2D eigenvalue weighted by Gasteiger charge is -2.13. The largest absolute Gasteiger partial charge is 0.353 e. The van der Waals surface area contributed by atoms with E-state index in [9.17, 15) is 4.79 Å². The van der Waals surface area contributed by atoms with Gasteiger partial charge < -0.3 is 5.32 Å². The highest BCUT2D eigenvalue weighted by molar-refractivity contribution is 7.99. The third-order valence-electron chi connectivity index (χ3n) is 4.01. The van der Waals surface area contributed by atoms with E-state index in [-0.39, 0.29) is 11.9 Å². The van der Waals surface area contributed by atoms with E-state index in [1.807, 2.05) is 43.3 Å². The molecule has 5 heteroatoms. The number of nitrogens with zero attached hydrogens (tertiary/aromatic N) is 2. The van der Waals surface area contributed by atoms with Crippen LogP contribution in [0.3, 0.4) is 0 Å². The molecule has 25 heavy (non-hydrogen) atoms. The highest BCUT2D eigenvalue weighted by Gasteiger charge is 2.14. The average Bonchev–Trinajstić information content (AvgIpc) is 2.99. The maximum Gasteiger partial charge on any atom is 0.230 e. The van der Waals surface area contributed by atoms with E-state index >= 15 is 0 Å². The van der Waals surface area contributed by atoms with E-state index in [4.69, 9.17) is 4.98 Å². The maximum atomic E-state index is 12.2. The molecule has 1 amide bonds. The fraction of sp³-hybridized carbons (Fsp3) is 0.300. The Labute approximate surface area is 152 Å². The lowest BCUT2D eigenvalue weighted by atomic mass is 10.2. The van der Waals surface area contributed by atoms with Crippen LogP contribution in [0.15, 0.2) is 59.8 Å². The van der Waals surface area contributed by atoms with Crippen LogP contribution >= 0.6 is 11.8 Å². The SMILES string of the molecule is CCCC(C)NC(=O)CSc1nc2ccccc2n1-c1ccccc1. The molecule has 0 bridgehead atoms. The number of fused-ring (bicyclic) bond motifs is 1. The van der Waals surface area contributed by atoms with E-state index in [0.29, 0.717) is 5.75 Å². The Hall–Kier alpha value is -2.27. The van der Waals surface area contributed by atoms with Crippen molar-refractivity contribution in [3.63, 3.8) is 0 Å². The summed E-state index contributed by atoms with van der Waals surface area (Å²) in [7, 11) is 0. The molecule has 0 fully saturated rings.